The Bertz CT molecular complexity index is 284. The van der Waals surface area contributed by atoms with Gasteiger partial charge in [0.1, 0.15) is 5.78 Å². The molecular formula is C12H22O2Si. The fourth-order valence-electron chi connectivity index (χ4n) is 1.31. The number of allylic oxidation sites excluding steroid dienone is 2. The van der Waals surface area contributed by atoms with Crippen LogP contribution in [0.1, 0.15) is 40.0 Å². The molecule has 2 nitrogen and oxygen atoms in total. The fourth-order valence-corrected chi connectivity index (χ4v) is 2.42. The molecule has 0 bridgehead atoms. The van der Waals surface area contributed by atoms with E-state index in [-0.39, 0.29) is 5.04 Å². The van der Waals surface area contributed by atoms with E-state index in [2.05, 4.69) is 39.9 Å². The number of hydrogen-bond donors (Lipinski definition) is 0. The molecule has 0 saturated heterocycles. The van der Waals surface area contributed by atoms with Crippen LogP contribution in [0.25, 0.3) is 0 Å². The van der Waals surface area contributed by atoms with Gasteiger partial charge in [-0.05, 0) is 30.6 Å². The number of hydrogen-bond acceptors (Lipinski definition) is 2. The van der Waals surface area contributed by atoms with Crippen LogP contribution in [0.4, 0.5) is 0 Å². The minimum absolute atomic E-state index is 0.203. The maximum absolute atomic E-state index is 11.3. The minimum atomic E-state index is -1.74. The monoisotopic (exact) mass is 226 g/mol. The Balaban J connectivity index is 2.69. The van der Waals surface area contributed by atoms with E-state index in [1.807, 2.05) is 0 Å². The molecule has 0 spiro atoms. The van der Waals surface area contributed by atoms with Crippen LogP contribution in [0.15, 0.2) is 11.8 Å². The summed E-state index contributed by atoms with van der Waals surface area (Å²) in [6.45, 7) is 11.1. The first kappa shape index (κ1) is 12.5. The second-order valence-corrected chi connectivity index (χ2v) is 10.5. The average molecular weight is 226 g/mol. The highest BCUT2D eigenvalue weighted by Crippen LogP contribution is 2.38. The summed E-state index contributed by atoms with van der Waals surface area (Å²) in [7, 11) is -1.74. The maximum atomic E-state index is 11.3. The first-order valence-corrected chi connectivity index (χ1v) is 8.53. The van der Waals surface area contributed by atoms with E-state index in [4.69, 9.17) is 4.43 Å². The van der Waals surface area contributed by atoms with Gasteiger partial charge in [-0.15, -0.1) is 0 Å². The molecule has 0 radical (unpaired) electrons. The molecule has 0 aromatic heterocycles. The molecule has 0 saturated carbocycles. The molecule has 0 atom stereocenters. The fraction of sp³-hybridized carbons (Fsp3) is 0.750. The third kappa shape index (κ3) is 3.19. The van der Waals surface area contributed by atoms with Crippen LogP contribution in [0.2, 0.25) is 18.1 Å². The zero-order chi connectivity index (χ0) is 11.7. The summed E-state index contributed by atoms with van der Waals surface area (Å²) in [5.74, 6) is 1.23. The van der Waals surface area contributed by atoms with Gasteiger partial charge in [-0.2, -0.15) is 0 Å². The van der Waals surface area contributed by atoms with Crippen LogP contribution in [-0.2, 0) is 9.22 Å². The van der Waals surface area contributed by atoms with Gasteiger partial charge < -0.3 is 4.43 Å². The van der Waals surface area contributed by atoms with Gasteiger partial charge in [0.2, 0.25) is 8.32 Å². The number of Topliss-reactive ketones (excluding diaryl/α,β-unsaturated/α-hetero) is 1. The molecular weight excluding hydrogens is 204 g/mol. The summed E-state index contributed by atoms with van der Waals surface area (Å²) >= 11 is 0. The van der Waals surface area contributed by atoms with Crippen LogP contribution < -0.4 is 0 Å². The summed E-state index contributed by atoms with van der Waals surface area (Å²) in [4.78, 5) is 11.3. The molecule has 0 heterocycles. The molecule has 0 aliphatic heterocycles. The van der Waals surface area contributed by atoms with Crippen molar-refractivity contribution in [2.24, 2.45) is 0 Å². The third-order valence-corrected chi connectivity index (χ3v) is 7.74. The van der Waals surface area contributed by atoms with Crippen molar-refractivity contribution in [2.75, 3.05) is 0 Å². The van der Waals surface area contributed by atoms with Crippen molar-refractivity contribution in [1.29, 1.82) is 0 Å². The SMILES string of the molecule is CC(C)(C)[Si](C)(C)OC1=CCCC(=O)C1. The molecule has 0 fully saturated rings. The van der Waals surface area contributed by atoms with Crippen molar-refractivity contribution in [1.82, 2.24) is 0 Å². The summed E-state index contributed by atoms with van der Waals surface area (Å²) in [6.07, 6.45) is 4.13. The zero-order valence-corrected chi connectivity index (χ0v) is 11.5. The highest BCUT2D eigenvalue weighted by Gasteiger charge is 2.39. The quantitative estimate of drug-likeness (QED) is 0.672. The van der Waals surface area contributed by atoms with Crippen LogP contribution in [0, 0.1) is 0 Å². The highest BCUT2D eigenvalue weighted by molar-refractivity contribution is 6.74. The first-order chi connectivity index (χ1) is 6.72. The normalized spacial score (nSPS) is 18.7. The lowest BCUT2D eigenvalue weighted by atomic mass is 10.1. The van der Waals surface area contributed by atoms with E-state index < -0.39 is 8.32 Å². The second kappa shape index (κ2) is 4.12. The van der Waals surface area contributed by atoms with Crippen molar-refractivity contribution in [2.45, 2.75) is 58.2 Å². The van der Waals surface area contributed by atoms with E-state index in [0.29, 0.717) is 18.6 Å². The first-order valence-electron chi connectivity index (χ1n) is 5.62. The Kier molecular flexibility index (Phi) is 3.43. The summed E-state index contributed by atoms with van der Waals surface area (Å²) < 4.78 is 6.09. The Morgan fingerprint density at radius 3 is 2.40 bits per heavy atom. The van der Waals surface area contributed by atoms with E-state index >= 15 is 0 Å². The van der Waals surface area contributed by atoms with E-state index in [1.54, 1.807) is 0 Å². The predicted molar refractivity (Wildman–Crippen MR) is 65.2 cm³/mol. The molecule has 0 N–H and O–H groups in total. The van der Waals surface area contributed by atoms with Crippen molar-refractivity contribution >= 4 is 14.1 Å². The van der Waals surface area contributed by atoms with Crippen LogP contribution >= 0.6 is 0 Å². The molecule has 0 aromatic rings. The lowest BCUT2D eigenvalue weighted by Gasteiger charge is -2.37. The molecule has 15 heavy (non-hydrogen) atoms. The molecule has 1 aliphatic carbocycles. The molecule has 1 aliphatic rings. The molecule has 0 unspecified atom stereocenters. The smallest absolute Gasteiger partial charge is 0.250 e. The number of ketones is 1. The second-order valence-electron chi connectivity index (χ2n) is 5.79. The molecule has 3 heteroatoms. The largest absolute Gasteiger partial charge is 0.546 e. The standard InChI is InChI=1S/C12H22O2Si/c1-12(2,3)15(4,5)14-11-8-6-7-10(13)9-11/h8H,6-7,9H2,1-5H3. The molecule has 0 aromatic carbocycles. The third-order valence-electron chi connectivity index (χ3n) is 3.36. The van der Waals surface area contributed by atoms with E-state index in [1.165, 1.54) is 0 Å². The van der Waals surface area contributed by atoms with Gasteiger partial charge in [-0.3, -0.25) is 4.79 Å². The summed E-state index contributed by atoms with van der Waals surface area (Å²) in [5, 5.41) is 0.203. The van der Waals surface area contributed by atoms with Gasteiger partial charge in [0.05, 0.1) is 12.2 Å². The lowest BCUT2D eigenvalue weighted by Crippen LogP contribution is -2.40. The lowest BCUT2D eigenvalue weighted by molar-refractivity contribution is -0.119. The van der Waals surface area contributed by atoms with Crippen molar-refractivity contribution in [3.63, 3.8) is 0 Å². The van der Waals surface area contributed by atoms with Gasteiger partial charge in [0.25, 0.3) is 0 Å². The van der Waals surface area contributed by atoms with E-state index in [9.17, 15) is 4.79 Å². The molecule has 86 valence electrons. The Morgan fingerprint density at radius 2 is 1.93 bits per heavy atom. The van der Waals surface area contributed by atoms with E-state index in [0.717, 1.165) is 12.2 Å². The van der Waals surface area contributed by atoms with Crippen LogP contribution in [0.5, 0.6) is 0 Å². The average Bonchev–Trinajstić information content (AvgIpc) is 2.00. The van der Waals surface area contributed by atoms with Crippen molar-refractivity contribution in [3.8, 4) is 0 Å². The van der Waals surface area contributed by atoms with Crippen molar-refractivity contribution in [3.05, 3.63) is 11.8 Å². The van der Waals surface area contributed by atoms with Gasteiger partial charge in [-0.25, -0.2) is 0 Å². The summed E-state index contributed by atoms with van der Waals surface area (Å²) in [6, 6.07) is 0. The molecule has 0 amide bonds. The summed E-state index contributed by atoms with van der Waals surface area (Å²) in [5.41, 5.74) is 0. The number of carbonyl (C=O) groups excluding carboxylic acids is 1. The zero-order valence-electron chi connectivity index (χ0n) is 10.5. The predicted octanol–water partition coefficient (Wildman–Crippen LogP) is 3.65. The molecule has 1 rings (SSSR count). The number of rotatable bonds is 2. The maximum Gasteiger partial charge on any atom is 0.250 e. The van der Waals surface area contributed by atoms with Gasteiger partial charge in [0, 0.05) is 6.42 Å². The van der Waals surface area contributed by atoms with Crippen molar-refractivity contribution < 1.29 is 9.22 Å². The Hall–Kier alpha value is -0.573. The topological polar surface area (TPSA) is 26.3 Å². The van der Waals surface area contributed by atoms with Gasteiger partial charge in [-0.1, -0.05) is 20.8 Å². The Morgan fingerprint density at radius 1 is 1.33 bits per heavy atom. The van der Waals surface area contributed by atoms with Crippen LogP contribution in [0.3, 0.4) is 0 Å². The number of carbonyl (C=O) groups is 1. The van der Waals surface area contributed by atoms with Crippen LogP contribution in [-0.4, -0.2) is 14.1 Å². The minimum Gasteiger partial charge on any atom is -0.546 e. The Labute approximate surface area is 93.8 Å². The highest BCUT2D eigenvalue weighted by atomic mass is 28.4. The van der Waals surface area contributed by atoms with Gasteiger partial charge in [0.15, 0.2) is 0 Å². The van der Waals surface area contributed by atoms with Gasteiger partial charge >= 0.3 is 0 Å².